The lowest BCUT2D eigenvalue weighted by atomic mass is 10.2. The van der Waals surface area contributed by atoms with Crippen LogP contribution in [0.2, 0.25) is 0 Å². The summed E-state index contributed by atoms with van der Waals surface area (Å²) in [6.07, 6.45) is 1.31. The first kappa shape index (κ1) is 26.9. The van der Waals surface area contributed by atoms with Gasteiger partial charge in [-0.3, -0.25) is 14.9 Å². The minimum atomic E-state index is -0.990. The molecule has 1 aromatic heterocycles. The zero-order chi connectivity index (χ0) is 27.6. The summed E-state index contributed by atoms with van der Waals surface area (Å²) in [7, 11) is 1.42. The van der Waals surface area contributed by atoms with Gasteiger partial charge in [-0.2, -0.15) is 5.10 Å². The van der Waals surface area contributed by atoms with E-state index in [1.54, 1.807) is 36.4 Å². The van der Waals surface area contributed by atoms with Crippen LogP contribution >= 0.6 is 11.3 Å². The van der Waals surface area contributed by atoms with Crippen LogP contribution in [0.25, 0.3) is 10.6 Å². The molecule has 0 atom stereocenters. The molecule has 0 spiro atoms. The summed E-state index contributed by atoms with van der Waals surface area (Å²) in [6.45, 7) is 2.39. The number of nitrogens with one attached hydrogen (secondary N) is 2. The molecule has 4 rings (SSSR count). The van der Waals surface area contributed by atoms with Gasteiger partial charge < -0.3 is 14.2 Å². The summed E-state index contributed by atoms with van der Waals surface area (Å²) in [5.74, 6) is -1.39. The van der Waals surface area contributed by atoms with Crippen LogP contribution in [0.4, 0.5) is 5.13 Å². The maximum absolute atomic E-state index is 12.5. The van der Waals surface area contributed by atoms with Crippen LogP contribution in [0.5, 0.6) is 17.2 Å². The van der Waals surface area contributed by atoms with Gasteiger partial charge in [0.25, 0.3) is 0 Å². The average Bonchev–Trinajstić information content (AvgIpc) is 3.43. The van der Waals surface area contributed by atoms with E-state index in [4.69, 9.17) is 14.2 Å². The van der Waals surface area contributed by atoms with Gasteiger partial charge in [0.1, 0.15) is 10.8 Å². The van der Waals surface area contributed by atoms with Crippen molar-refractivity contribution in [2.75, 3.05) is 19.0 Å². The van der Waals surface area contributed by atoms with Gasteiger partial charge in [-0.25, -0.2) is 10.2 Å². The van der Waals surface area contributed by atoms with Gasteiger partial charge in [0.05, 0.1) is 25.5 Å². The minimum absolute atomic E-state index is 0.179. The fourth-order valence-corrected chi connectivity index (χ4v) is 3.95. The van der Waals surface area contributed by atoms with Crippen molar-refractivity contribution >= 4 is 40.5 Å². The van der Waals surface area contributed by atoms with E-state index in [0.717, 1.165) is 16.9 Å². The average molecular weight is 546 g/mol. The van der Waals surface area contributed by atoms with Crippen LogP contribution < -0.4 is 25.0 Å². The molecule has 0 aliphatic heterocycles. The molecule has 0 radical (unpaired) electrons. The second-order valence-corrected chi connectivity index (χ2v) is 8.67. The van der Waals surface area contributed by atoms with Gasteiger partial charge in [0.15, 0.2) is 11.5 Å². The first-order valence-corrected chi connectivity index (χ1v) is 12.4. The molecule has 0 bridgehead atoms. The molecule has 0 unspecified atom stereocenters. The number of hydrazone groups is 1. The standard InChI is InChI=1S/C27H23N5O6S/c1-3-37-20-12-10-19(11-13-20)26(35)38-21-14-9-17(15-22(21)36-2)16-28-30-24(34)23(33)29-27-32-31-25(39-27)18-7-5-4-6-8-18/h4-16H,3H2,1-2H3,(H,30,34)(H,29,32,33)/b28-16+. The fraction of sp³-hybridized carbons (Fsp3) is 0.111. The number of aromatic nitrogens is 2. The molecular weight excluding hydrogens is 522 g/mol. The van der Waals surface area contributed by atoms with E-state index in [1.165, 1.54) is 19.4 Å². The molecular formula is C27H23N5O6S. The van der Waals surface area contributed by atoms with Crippen molar-refractivity contribution < 1.29 is 28.6 Å². The summed E-state index contributed by atoms with van der Waals surface area (Å²) in [6, 6.07) is 20.6. The number of benzene rings is 3. The van der Waals surface area contributed by atoms with Crippen molar-refractivity contribution in [3.05, 3.63) is 83.9 Å². The van der Waals surface area contributed by atoms with Crippen molar-refractivity contribution in [2.45, 2.75) is 6.92 Å². The zero-order valence-electron chi connectivity index (χ0n) is 20.9. The molecule has 0 aliphatic rings. The van der Waals surface area contributed by atoms with Crippen LogP contribution in [0.1, 0.15) is 22.8 Å². The Hall–Kier alpha value is -5.10. The number of methoxy groups -OCH3 is 1. The lowest BCUT2D eigenvalue weighted by Gasteiger charge is -2.10. The number of nitrogens with zero attached hydrogens (tertiary/aromatic N) is 3. The number of anilines is 1. The number of esters is 1. The normalized spacial score (nSPS) is 10.6. The Morgan fingerprint density at radius 3 is 2.44 bits per heavy atom. The van der Waals surface area contributed by atoms with Gasteiger partial charge in [-0.05, 0) is 55.0 Å². The summed E-state index contributed by atoms with van der Waals surface area (Å²) in [5, 5.41) is 14.9. The maximum atomic E-state index is 12.5. The van der Waals surface area contributed by atoms with Crippen molar-refractivity contribution in [2.24, 2.45) is 5.10 Å². The molecule has 2 N–H and O–H groups in total. The number of hydrogen-bond donors (Lipinski definition) is 2. The Morgan fingerprint density at radius 2 is 1.72 bits per heavy atom. The summed E-state index contributed by atoms with van der Waals surface area (Å²) >= 11 is 1.14. The second-order valence-electron chi connectivity index (χ2n) is 7.69. The van der Waals surface area contributed by atoms with Crippen molar-refractivity contribution in [1.29, 1.82) is 0 Å². The van der Waals surface area contributed by atoms with E-state index in [-0.39, 0.29) is 16.6 Å². The number of rotatable bonds is 9. The third kappa shape index (κ3) is 7.23. The highest BCUT2D eigenvalue weighted by Crippen LogP contribution is 2.29. The molecule has 3 aromatic carbocycles. The summed E-state index contributed by atoms with van der Waals surface area (Å²) in [4.78, 5) is 36.8. The number of ether oxygens (including phenoxy) is 3. The van der Waals surface area contributed by atoms with E-state index in [9.17, 15) is 14.4 Å². The molecule has 198 valence electrons. The third-order valence-electron chi connectivity index (χ3n) is 5.04. The first-order valence-electron chi connectivity index (χ1n) is 11.6. The lowest BCUT2D eigenvalue weighted by molar-refractivity contribution is -0.136. The van der Waals surface area contributed by atoms with Gasteiger partial charge in [-0.15, -0.1) is 10.2 Å². The molecule has 1 heterocycles. The monoisotopic (exact) mass is 545 g/mol. The molecule has 0 aliphatic carbocycles. The summed E-state index contributed by atoms with van der Waals surface area (Å²) < 4.78 is 16.1. The molecule has 2 amide bonds. The van der Waals surface area contributed by atoms with Gasteiger partial charge in [0, 0.05) is 5.56 Å². The SMILES string of the molecule is CCOc1ccc(C(=O)Oc2ccc(/C=N/NC(=O)C(=O)Nc3nnc(-c4ccccc4)s3)cc2OC)cc1. The summed E-state index contributed by atoms with van der Waals surface area (Å²) in [5.41, 5.74) is 3.85. The zero-order valence-corrected chi connectivity index (χ0v) is 21.7. The smallest absolute Gasteiger partial charge is 0.343 e. The van der Waals surface area contributed by atoms with Gasteiger partial charge in [0.2, 0.25) is 5.13 Å². The molecule has 0 fully saturated rings. The Morgan fingerprint density at radius 1 is 0.949 bits per heavy atom. The van der Waals surface area contributed by atoms with Gasteiger partial charge >= 0.3 is 17.8 Å². The molecule has 0 saturated heterocycles. The van der Waals surface area contributed by atoms with Crippen LogP contribution in [0.15, 0.2) is 77.9 Å². The quantitative estimate of drug-likeness (QED) is 0.106. The van der Waals surface area contributed by atoms with Crippen LogP contribution in [0, 0.1) is 0 Å². The highest BCUT2D eigenvalue weighted by Gasteiger charge is 2.17. The lowest BCUT2D eigenvalue weighted by Crippen LogP contribution is -2.32. The third-order valence-corrected chi connectivity index (χ3v) is 5.93. The molecule has 11 nitrogen and oxygen atoms in total. The fourth-order valence-electron chi connectivity index (χ4n) is 3.20. The Labute approximate surface area is 227 Å². The minimum Gasteiger partial charge on any atom is -0.494 e. The number of hydrogen-bond acceptors (Lipinski definition) is 10. The Bertz CT molecular complexity index is 1490. The van der Waals surface area contributed by atoms with Crippen LogP contribution in [0.3, 0.4) is 0 Å². The maximum Gasteiger partial charge on any atom is 0.343 e. The molecule has 12 heteroatoms. The predicted octanol–water partition coefficient (Wildman–Crippen LogP) is 3.92. The van der Waals surface area contributed by atoms with Crippen molar-refractivity contribution in [3.8, 4) is 27.8 Å². The van der Waals surface area contributed by atoms with Gasteiger partial charge in [-0.1, -0.05) is 41.7 Å². The highest BCUT2D eigenvalue weighted by atomic mass is 32.1. The van der Waals surface area contributed by atoms with E-state index < -0.39 is 17.8 Å². The first-order chi connectivity index (χ1) is 19.0. The largest absolute Gasteiger partial charge is 0.494 e. The van der Waals surface area contributed by atoms with E-state index >= 15 is 0 Å². The number of carbonyl (C=O) groups excluding carboxylic acids is 3. The molecule has 0 saturated carbocycles. The van der Waals surface area contributed by atoms with E-state index in [1.807, 2.05) is 37.3 Å². The Kier molecular flexibility index (Phi) is 8.93. The predicted molar refractivity (Wildman–Crippen MR) is 145 cm³/mol. The number of amides is 2. The van der Waals surface area contributed by atoms with E-state index in [0.29, 0.717) is 28.5 Å². The number of carbonyl (C=O) groups is 3. The molecule has 39 heavy (non-hydrogen) atoms. The Balaban J connectivity index is 1.32. The van der Waals surface area contributed by atoms with Crippen molar-refractivity contribution in [1.82, 2.24) is 15.6 Å². The van der Waals surface area contributed by atoms with E-state index in [2.05, 4.69) is 26.0 Å². The van der Waals surface area contributed by atoms with Crippen LogP contribution in [-0.4, -0.2) is 47.9 Å². The second kappa shape index (κ2) is 12.9. The van der Waals surface area contributed by atoms with Crippen LogP contribution in [-0.2, 0) is 9.59 Å². The topological polar surface area (TPSA) is 141 Å². The van der Waals surface area contributed by atoms with Crippen molar-refractivity contribution in [3.63, 3.8) is 0 Å². The molecule has 4 aromatic rings. The highest BCUT2D eigenvalue weighted by molar-refractivity contribution is 7.18.